The fraction of sp³-hybridized carbons (Fsp3) is 0. The lowest BCUT2D eigenvalue weighted by Gasteiger charge is -2.06. The molecule has 0 atom stereocenters. The fourth-order valence-electron chi connectivity index (χ4n) is 1.07. The highest BCUT2D eigenvalue weighted by Gasteiger charge is 2.25. The van der Waals surface area contributed by atoms with Gasteiger partial charge in [-0.05, 0) is 0 Å². The van der Waals surface area contributed by atoms with Gasteiger partial charge >= 0.3 is 17.9 Å². The molecule has 0 fully saturated rings. The molecule has 8 nitrogen and oxygen atoms in total. The van der Waals surface area contributed by atoms with E-state index in [4.69, 9.17) is 21.1 Å². The summed E-state index contributed by atoms with van der Waals surface area (Å²) >= 11 is 0. The van der Waals surface area contributed by atoms with Crippen molar-refractivity contribution in [2.75, 3.05) is 5.73 Å². The molecule has 5 N–H and O–H groups in total. The zero-order chi connectivity index (χ0) is 12.5. The van der Waals surface area contributed by atoms with E-state index in [-0.39, 0.29) is 0 Å². The number of rotatable bonds is 3. The number of aromatic nitrogens is 1. The normalized spacial score (nSPS) is 9.75. The van der Waals surface area contributed by atoms with Crippen LogP contribution in [0.2, 0.25) is 0 Å². The number of hydrogen-bond donors (Lipinski definition) is 4. The minimum Gasteiger partial charge on any atom is -0.478 e. The van der Waals surface area contributed by atoms with Gasteiger partial charge in [-0.2, -0.15) is 0 Å². The molecule has 0 spiro atoms. The summed E-state index contributed by atoms with van der Waals surface area (Å²) in [5, 5.41) is 26.0. The zero-order valence-corrected chi connectivity index (χ0v) is 7.67. The summed E-state index contributed by atoms with van der Waals surface area (Å²) in [6.45, 7) is 0. The van der Waals surface area contributed by atoms with Gasteiger partial charge in [0.25, 0.3) is 0 Å². The molecule has 0 aliphatic rings. The lowest BCUT2D eigenvalue weighted by molar-refractivity contribution is 0.0644. The molecule has 0 aromatic carbocycles. The maximum atomic E-state index is 10.7. The van der Waals surface area contributed by atoms with E-state index in [0.717, 1.165) is 0 Å². The van der Waals surface area contributed by atoms with Crippen molar-refractivity contribution in [3.63, 3.8) is 0 Å². The first-order chi connectivity index (χ1) is 7.36. The maximum absolute atomic E-state index is 10.7. The molecule has 8 heteroatoms. The molecule has 16 heavy (non-hydrogen) atoms. The SMILES string of the molecule is Nc1c(C(=O)O)cnc(C(=O)O)c1C(=O)O. The maximum Gasteiger partial charge on any atom is 0.355 e. The highest BCUT2D eigenvalue weighted by Crippen LogP contribution is 2.20. The zero-order valence-electron chi connectivity index (χ0n) is 7.67. The van der Waals surface area contributed by atoms with Crippen molar-refractivity contribution < 1.29 is 29.7 Å². The van der Waals surface area contributed by atoms with Crippen LogP contribution in [0.5, 0.6) is 0 Å². The molecule has 1 aromatic rings. The number of carbonyl (C=O) groups is 3. The smallest absolute Gasteiger partial charge is 0.355 e. The summed E-state index contributed by atoms with van der Waals surface area (Å²) in [6.07, 6.45) is 0.702. The third kappa shape index (κ3) is 1.75. The van der Waals surface area contributed by atoms with Crippen LogP contribution in [-0.4, -0.2) is 38.2 Å². The number of pyridine rings is 1. The topological polar surface area (TPSA) is 151 Å². The molecular formula is C8H6N2O6. The van der Waals surface area contributed by atoms with Crippen molar-refractivity contribution in [1.29, 1.82) is 0 Å². The van der Waals surface area contributed by atoms with E-state index in [0.29, 0.717) is 6.20 Å². The van der Waals surface area contributed by atoms with Gasteiger partial charge in [0.2, 0.25) is 0 Å². The lowest BCUT2D eigenvalue weighted by Crippen LogP contribution is -2.17. The largest absolute Gasteiger partial charge is 0.478 e. The highest BCUT2D eigenvalue weighted by atomic mass is 16.4. The molecule has 0 radical (unpaired) electrons. The van der Waals surface area contributed by atoms with Crippen LogP contribution in [0.25, 0.3) is 0 Å². The average Bonchev–Trinajstić information content (AvgIpc) is 2.15. The number of aromatic carboxylic acids is 3. The van der Waals surface area contributed by atoms with Crippen LogP contribution in [0, 0.1) is 0 Å². The van der Waals surface area contributed by atoms with Gasteiger partial charge in [0.15, 0.2) is 5.69 Å². The molecule has 0 aliphatic heterocycles. The standard InChI is InChI=1S/C8H6N2O6/c9-4-2(6(11)12)1-10-5(8(15)16)3(4)7(13)14/h1H,(H2,9,10)(H,11,12)(H,13,14)(H,15,16). The van der Waals surface area contributed by atoms with Gasteiger partial charge in [0.05, 0.1) is 5.69 Å². The first kappa shape index (κ1) is 11.4. The van der Waals surface area contributed by atoms with Crippen LogP contribution in [0.3, 0.4) is 0 Å². The Hall–Kier alpha value is -2.64. The molecule has 0 unspecified atom stereocenters. The molecule has 1 rings (SSSR count). The Morgan fingerprint density at radius 3 is 2.00 bits per heavy atom. The Labute approximate surface area is 88.0 Å². The molecule has 84 valence electrons. The minimum absolute atomic E-state index is 0.553. The molecule has 0 saturated carbocycles. The van der Waals surface area contributed by atoms with Crippen molar-refractivity contribution in [3.05, 3.63) is 23.0 Å². The second-order valence-corrected chi connectivity index (χ2v) is 2.72. The number of nitrogen functional groups attached to an aromatic ring is 1. The molecule has 0 aliphatic carbocycles. The van der Waals surface area contributed by atoms with Gasteiger partial charge in [-0.25, -0.2) is 19.4 Å². The van der Waals surface area contributed by atoms with E-state index >= 15 is 0 Å². The first-order valence-electron chi connectivity index (χ1n) is 3.84. The monoisotopic (exact) mass is 226 g/mol. The Balaban J connectivity index is 3.60. The molecule has 0 saturated heterocycles. The van der Waals surface area contributed by atoms with Gasteiger partial charge in [-0.15, -0.1) is 0 Å². The summed E-state index contributed by atoms with van der Waals surface area (Å²) in [5.41, 5.74) is 2.45. The number of carboxylic acid groups (broad SMARTS) is 3. The van der Waals surface area contributed by atoms with E-state index < -0.39 is 40.4 Å². The Bertz CT molecular complexity index is 496. The number of nitrogens with zero attached hydrogens (tertiary/aromatic N) is 1. The average molecular weight is 226 g/mol. The minimum atomic E-state index is -1.65. The predicted octanol–water partition coefficient (Wildman–Crippen LogP) is -0.242. The number of nitrogens with two attached hydrogens (primary N) is 1. The molecule has 1 heterocycles. The molecule has 0 amide bonds. The number of carboxylic acids is 3. The summed E-state index contributed by atoms with van der Waals surface area (Å²) in [7, 11) is 0. The predicted molar refractivity (Wildman–Crippen MR) is 49.5 cm³/mol. The van der Waals surface area contributed by atoms with Crippen LogP contribution in [0.1, 0.15) is 31.2 Å². The summed E-state index contributed by atoms with van der Waals surface area (Å²) < 4.78 is 0. The van der Waals surface area contributed by atoms with Crippen molar-refractivity contribution in [1.82, 2.24) is 4.98 Å². The fourth-order valence-corrected chi connectivity index (χ4v) is 1.07. The van der Waals surface area contributed by atoms with Crippen molar-refractivity contribution >= 4 is 23.6 Å². The van der Waals surface area contributed by atoms with E-state index in [1.165, 1.54) is 0 Å². The van der Waals surface area contributed by atoms with Gasteiger partial charge in [0.1, 0.15) is 11.1 Å². The van der Waals surface area contributed by atoms with Crippen molar-refractivity contribution in [2.45, 2.75) is 0 Å². The molecular weight excluding hydrogens is 220 g/mol. The van der Waals surface area contributed by atoms with Gasteiger partial charge < -0.3 is 21.1 Å². The Morgan fingerprint density at radius 2 is 1.62 bits per heavy atom. The molecule has 0 bridgehead atoms. The van der Waals surface area contributed by atoms with Crippen LogP contribution in [0.15, 0.2) is 6.20 Å². The lowest BCUT2D eigenvalue weighted by atomic mass is 10.1. The van der Waals surface area contributed by atoms with Crippen LogP contribution in [0.4, 0.5) is 5.69 Å². The van der Waals surface area contributed by atoms with Gasteiger partial charge in [-0.3, -0.25) is 0 Å². The van der Waals surface area contributed by atoms with E-state index in [9.17, 15) is 14.4 Å². The summed E-state index contributed by atoms with van der Waals surface area (Å²) in [4.78, 5) is 35.2. The van der Waals surface area contributed by atoms with Gasteiger partial charge in [-0.1, -0.05) is 0 Å². The first-order valence-corrected chi connectivity index (χ1v) is 3.84. The van der Waals surface area contributed by atoms with Crippen LogP contribution < -0.4 is 5.73 Å². The number of hydrogen-bond acceptors (Lipinski definition) is 5. The highest BCUT2D eigenvalue weighted by molar-refractivity contribution is 6.08. The Kier molecular flexibility index (Phi) is 2.75. The second-order valence-electron chi connectivity index (χ2n) is 2.72. The van der Waals surface area contributed by atoms with Crippen molar-refractivity contribution in [2.24, 2.45) is 0 Å². The van der Waals surface area contributed by atoms with Gasteiger partial charge in [0, 0.05) is 6.20 Å². The van der Waals surface area contributed by atoms with Crippen LogP contribution >= 0.6 is 0 Å². The Morgan fingerprint density at radius 1 is 1.06 bits per heavy atom. The molecule has 1 aromatic heterocycles. The van der Waals surface area contributed by atoms with E-state index in [2.05, 4.69) is 4.98 Å². The number of anilines is 1. The second kappa shape index (κ2) is 3.85. The van der Waals surface area contributed by atoms with Crippen LogP contribution in [-0.2, 0) is 0 Å². The summed E-state index contributed by atoms with van der Waals surface area (Å²) in [5.74, 6) is -4.73. The quantitative estimate of drug-likeness (QED) is 0.551. The summed E-state index contributed by atoms with van der Waals surface area (Å²) in [6, 6.07) is 0. The van der Waals surface area contributed by atoms with E-state index in [1.807, 2.05) is 0 Å². The third-order valence-corrected chi connectivity index (χ3v) is 1.77. The third-order valence-electron chi connectivity index (χ3n) is 1.77. The van der Waals surface area contributed by atoms with E-state index in [1.54, 1.807) is 0 Å². The van der Waals surface area contributed by atoms with Crippen molar-refractivity contribution in [3.8, 4) is 0 Å².